The van der Waals surface area contributed by atoms with Crippen LogP contribution in [0, 0.1) is 11.8 Å². The van der Waals surface area contributed by atoms with Crippen molar-refractivity contribution in [2.45, 2.75) is 65.5 Å². The van der Waals surface area contributed by atoms with Gasteiger partial charge in [0.05, 0.1) is 12.7 Å². The van der Waals surface area contributed by atoms with E-state index in [1.807, 2.05) is 13.8 Å². The van der Waals surface area contributed by atoms with Crippen LogP contribution < -0.4 is 10.6 Å². The van der Waals surface area contributed by atoms with Gasteiger partial charge < -0.3 is 15.4 Å². The second-order valence-corrected chi connectivity index (χ2v) is 6.38. The zero-order valence-corrected chi connectivity index (χ0v) is 13.8. The Morgan fingerprint density at radius 2 is 1.90 bits per heavy atom. The molecule has 0 heterocycles. The molecule has 1 aliphatic carbocycles. The predicted octanol–water partition coefficient (Wildman–Crippen LogP) is 1.86. The Morgan fingerprint density at radius 1 is 1.24 bits per heavy atom. The van der Waals surface area contributed by atoms with Crippen molar-refractivity contribution in [2.75, 3.05) is 13.2 Å². The van der Waals surface area contributed by atoms with Gasteiger partial charge in [0.25, 0.3) is 0 Å². The van der Waals surface area contributed by atoms with Crippen LogP contribution in [-0.4, -0.2) is 37.1 Å². The van der Waals surface area contributed by atoms with Gasteiger partial charge in [-0.15, -0.1) is 0 Å². The molecule has 1 rings (SSSR count). The van der Waals surface area contributed by atoms with Crippen LogP contribution in [0.25, 0.3) is 0 Å². The summed E-state index contributed by atoms with van der Waals surface area (Å²) < 4.78 is 5.86. The molecule has 5 heteroatoms. The summed E-state index contributed by atoms with van der Waals surface area (Å²) in [7, 11) is 0. The van der Waals surface area contributed by atoms with E-state index in [9.17, 15) is 9.59 Å². The maximum absolute atomic E-state index is 12.1. The third-order valence-corrected chi connectivity index (χ3v) is 4.07. The summed E-state index contributed by atoms with van der Waals surface area (Å²) in [5, 5.41) is 5.53. The summed E-state index contributed by atoms with van der Waals surface area (Å²) in [6, 6.07) is -0.476. The fourth-order valence-electron chi connectivity index (χ4n) is 2.78. The zero-order chi connectivity index (χ0) is 15.8. The molecule has 1 fully saturated rings. The highest BCUT2D eigenvalue weighted by atomic mass is 16.5. The lowest BCUT2D eigenvalue weighted by atomic mass is 9.88. The minimum atomic E-state index is -0.476. The second-order valence-electron chi connectivity index (χ2n) is 6.38. The molecule has 0 bridgehead atoms. The number of amides is 2. The molecule has 0 aromatic carbocycles. The fourth-order valence-corrected chi connectivity index (χ4v) is 2.78. The van der Waals surface area contributed by atoms with Gasteiger partial charge in [-0.3, -0.25) is 9.59 Å². The molecule has 2 amide bonds. The molecule has 1 aliphatic rings. The van der Waals surface area contributed by atoms with E-state index in [1.165, 1.54) is 26.2 Å². The van der Waals surface area contributed by atoms with Crippen molar-refractivity contribution in [3.63, 3.8) is 0 Å². The van der Waals surface area contributed by atoms with Gasteiger partial charge in [0.2, 0.25) is 11.8 Å². The first-order chi connectivity index (χ1) is 9.91. The largest absolute Gasteiger partial charge is 0.376 e. The fraction of sp³-hybridized carbons (Fsp3) is 0.875. The smallest absolute Gasteiger partial charge is 0.242 e. The van der Waals surface area contributed by atoms with Crippen LogP contribution in [0.2, 0.25) is 0 Å². The highest BCUT2D eigenvalue weighted by Crippen LogP contribution is 2.25. The highest BCUT2D eigenvalue weighted by Gasteiger charge is 2.23. The molecule has 0 radical (unpaired) electrons. The number of nitrogens with one attached hydrogen (secondary N) is 2. The van der Waals surface area contributed by atoms with Crippen LogP contribution >= 0.6 is 0 Å². The first-order valence-electron chi connectivity index (χ1n) is 8.08. The van der Waals surface area contributed by atoms with Crippen LogP contribution in [0.3, 0.4) is 0 Å². The van der Waals surface area contributed by atoms with Gasteiger partial charge in [0.1, 0.15) is 6.04 Å². The van der Waals surface area contributed by atoms with Gasteiger partial charge >= 0.3 is 0 Å². The van der Waals surface area contributed by atoms with Crippen molar-refractivity contribution in [3.8, 4) is 0 Å². The molecule has 2 N–H and O–H groups in total. The molecule has 21 heavy (non-hydrogen) atoms. The van der Waals surface area contributed by atoms with Crippen molar-refractivity contribution in [1.82, 2.24) is 10.6 Å². The van der Waals surface area contributed by atoms with E-state index in [4.69, 9.17) is 4.74 Å². The third-order valence-electron chi connectivity index (χ3n) is 4.07. The van der Waals surface area contributed by atoms with Crippen LogP contribution in [0.4, 0.5) is 0 Å². The van der Waals surface area contributed by atoms with E-state index in [2.05, 4.69) is 17.6 Å². The van der Waals surface area contributed by atoms with Crippen molar-refractivity contribution < 1.29 is 14.3 Å². The van der Waals surface area contributed by atoms with Gasteiger partial charge in [-0.25, -0.2) is 0 Å². The number of carbonyl (C=O) groups is 2. The molecule has 5 nitrogen and oxygen atoms in total. The zero-order valence-electron chi connectivity index (χ0n) is 13.8. The molecule has 122 valence electrons. The average molecular weight is 298 g/mol. The topological polar surface area (TPSA) is 67.4 Å². The number of hydrogen-bond acceptors (Lipinski definition) is 3. The van der Waals surface area contributed by atoms with Crippen molar-refractivity contribution in [3.05, 3.63) is 0 Å². The monoisotopic (exact) mass is 298 g/mol. The highest BCUT2D eigenvalue weighted by molar-refractivity contribution is 5.86. The summed E-state index contributed by atoms with van der Waals surface area (Å²) >= 11 is 0. The number of hydrogen-bond donors (Lipinski definition) is 2. The van der Waals surface area contributed by atoms with E-state index in [1.54, 1.807) is 0 Å². The van der Waals surface area contributed by atoms with Gasteiger partial charge in [-0.1, -0.05) is 33.6 Å². The number of rotatable bonds is 7. The van der Waals surface area contributed by atoms with E-state index < -0.39 is 6.04 Å². The predicted molar refractivity (Wildman–Crippen MR) is 82.8 cm³/mol. The molecular weight excluding hydrogens is 268 g/mol. The van der Waals surface area contributed by atoms with Crippen molar-refractivity contribution >= 4 is 11.8 Å². The Kier molecular flexibility index (Phi) is 7.72. The van der Waals surface area contributed by atoms with Crippen LogP contribution in [-0.2, 0) is 14.3 Å². The lowest BCUT2D eigenvalue weighted by molar-refractivity contribution is -0.129. The molecule has 0 unspecified atom stereocenters. The second kappa shape index (κ2) is 9.03. The Bertz CT molecular complexity index is 344. The first-order valence-corrected chi connectivity index (χ1v) is 8.08. The van der Waals surface area contributed by atoms with Gasteiger partial charge in [-0.2, -0.15) is 0 Å². The molecule has 0 aromatic heterocycles. The first kappa shape index (κ1) is 18.0. The van der Waals surface area contributed by atoms with E-state index >= 15 is 0 Å². The van der Waals surface area contributed by atoms with Gasteiger partial charge in [0, 0.05) is 13.5 Å². The molecular formula is C16H30N2O3. The van der Waals surface area contributed by atoms with Gasteiger partial charge in [0.15, 0.2) is 0 Å². The van der Waals surface area contributed by atoms with E-state index in [-0.39, 0.29) is 17.7 Å². The van der Waals surface area contributed by atoms with Crippen LogP contribution in [0.15, 0.2) is 0 Å². The number of carbonyl (C=O) groups excluding carboxylic acids is 2. The van der Waals surface area contributed by atoms with Crippen LogP contribution in [0.1, 0.15) is 53.4 Å². The third kappa shape index (κ3) is 6.46. The Morgan fingerprint density at radius 3 is 2.48 bits per heavy atom. The van der Waals surface area contributed by atoms with Gasteiger partial charge in [-0.05, 0) is 24.7 Å². The molecule has 0 aliphatic heterocycles. The maximum Gasteiger partial charge on any atom is 0.242 e. The molecule has 0 saturated heterocycles. The average Bonchev–Trinajstić information content (AvgIpc) is 2.42. The summed E-state index contributed by atoms with van der Waals surface area (Å²) in [5.74, 6) is 0.349. The van der Waals surface area contributed by atoms with Crippen molar-refractivity contribution in [2.24, 2.45) is 11.8 Å². The summed E-state index contributed by atoms with van der Waals surface area (Å²) in [6.07, 6.45) is 5.21. The Balaban J connectivity index is 2.26. The normalized spacial score (nSPS) is 23.7. The molecule has 1 saturated carbocycles. The summed E-state index contributed by atoms with van der Waals surface area (Å²) in [5.41, 5.74) is 0. The van der Waals surface area contributed by atoms with Crippen LogP contribution in [0.5, 0.6) is 0 Å². The summed E-state index contributed by atoms with van der Waals surface area (Å²) in [6.45, 7) is 8.52. The van der Waals surface area contributed by atoms with E-state index in [0.717, 1.165) is 6.42 Å². The Labute approximate surface area is 128 Å². The molecule has 0 aromatic rings. The minimum absolute atomic E-state index is 0.0631. The quantitative estimate of drug-likeness (QED) is 0.705. The standard InChI is InChI=1S/C16H30N2O3/c1-11(2)15(18-13(4)19)16(20)17-9-10-21-14-8-6-5-7-12(14)3/h11-12,14-15H,5-10H2,1-4H3,(H,17,20)(H,18,19)/t12-,14+,15-/m0/s1. The lowest BCUT2D eigenvalue weighted by Gasteiger charge is -2.29. The van der Waals surface area contributed by atoms with Crippen molar-refractivity contribution in [1.29, 1.82) is 0 Å². The minimum Gasteiger partial charge on any atom is -0.376 e. The molecule has 3 atom stereocenters. The SMILES string of the molecule is CC(=O)N[C@H](C(=O)NCCO[C@@H]1CCCC[C@@H]1C)C(C)C. The number of ether oxygens (including phenoxy) is 1. The lowest BCUT2D eigenvalue weighted by Crippen LogP contribution is -2.49. The Hall–Kier alpha value is -1.10. The summed E-state index contributed by atoms with van der Waals surface area (Å²) in [4.78, 5) is 23.2. The van der Waals surface area contributed by atoms with E-state index in [0.29, 0.717) is 25.2 Å². The maximum atomic E-state index is 12.1. The molecule has 0 spiro atoms.